The molecule has 1 heterocycles. The molecule has 0 aliphatic rings. The van der Waals surface area contributed by atoms with E-state index in [2.05, 4.69) is 10.4 Å². The van der Waals surface area contributed by atoms with Gasteiger partial charge in [-0.25, -0.2) is 0 Å². The average Bonchev–Trinajstić information content (AvgIpc) is 2.86. The quantitative estimate of drug-likeness (QED) is 0.639. The number of anilines is 1. The molecule has 1 aromatic heterocycles. The van der Waals surface area contributed by atoms with Gasteiger partial charge in [-0.05, 0) is 42.8 Å². The molecule has 4 nitrogen and oxygen atoms in total. The third kappa shape index (κ3) is 4.34. The Hall–Kier alpha value is -2.01. The van der Waals surface area contributed by atoms with Crippen molar-refractivity contribution in [2.75, 3.05) is 5.32 Å². The maximum Gasteiger partial charge on any atom is 0.258 e. The highest BCUT2D eigenvalue weighted by molar-refractivity contribution is 6.37. The van der Waals surface area contributed by atoms with Crippen molar-refractivity contribution in [2.24, 2.45) is 0 Å². The van der Waals surface area contributed by atoms with Crippen molar-refractivity contribution in [3.8, 4) is 0 Å². The van der Waals surface area contributed by atoms with Crippen molar-refractivity contribution in [2.45, 2.75) is 13.5 Å². The normalized spacial score (nSPS) is 10.7. The average molecular weight is 395 g/mol. The lowest BCUT2D eigenvalue weighted by molar-refractivity contribution is 0.102. The van der Waals surface area contributed by atoms with Crippen LogP contribution < -0.4 is 5.32 Å². The highest BCUT2D eigenvalue weighted by atomic mass is 35.5. The zero-order chi connectivity index (χ0) is 18.0. The van der Waals surface area contributed by atoms with E-state index in [4.69, 9.17) is 34.8 Å². The molecular weight excluding hydrogens is 381 g/mol. The molecule has 0 bridgehead atoms. The summed E-state index contributed by atoms with van der Waals surface area (Å²) in [5.41, 5.74) is 2.28. The van der Waals surface area contributed by atoms with Crippen LogP contribution in [0.3, 0.4) is 0 Å². The predicted molar refractivity (Wildman–Crippen MR) is 102 cm³/mol. The maximum atomic E-state index is 12.4. The van der Waals surface area contributed by atoms with Gasteiger partial charge in [0, 0.05) is 21.8 Å². The van der Waals surface area contributed by atoms with Crippen molar-refractivity contribution in [1.82, 2.24) is 9.78 Å². The van der Waals surface area contributed by atoms with Crippen LogP contribution in [0.15, 0.2) is 48.5 Å². The van der Waals surface area contributed by atoms with Crippen molar-refractivity contribution >= 4 is 46.5 Å². The molecule has 128 valence electrons. The van der Waals surface area contributed by atoms with E-state index in [1.807, 2.05) is 31.2 Å². The van der Waals surface area contributed by atoms with E-state index in [-0.39, 0.29) is 5.91 Å². The number of amides is 1. The number of nitrogens with one attached hydrogen (secondary N) is 1. The standard InChI is InChI=1S/C18H14Cl3N3O/c1-11-7-17(22-18(25)15-6-5-14(20)9-16(15)21)23-24(11)10-12-3-2-4-13(19)8-12/h2-9H,10H2,1H3,(H,22,23,25). The van der Waals surface area contributed by atoms with Gasteiger partial charge >= 0.3 is 0 Å². The molecular formula is C18H14Cl3N3O. The Morgan fingerprint density at radius 2 is 1.84 bits per heavy atom. The SMILES string of the molecule is Cc1cc(NC(=O)c2ccc(Cl)cc2Cl)nn1Cc1cccc(Cl)c1. The number of aromatic nitrogens is 2. The van der Waals surface area contributed by atoms with Gasteiger partial charge in [0.25, 0.3) is 5.91 Å². The molecule has 0 fully saturated rings. The van der Waals surface area contributed by atoms with Gasteiger partial charge in [0.1, 0.15) is 0 Å². The fraction of sp³-hybridized carbons (Fsp3) is 0.111. The number of aryl methyl sites for hydroxylation is 1. The van der Waals surface area contributed by atoms with Gasteiger partial charge in [-0.2, -0.15) is 5.10 Å². The van der Waals surface area contributed by atoms with E-state index in [9.17, 15) is 4.79 Å². The van der Waals surface area contributed by atoms with E-state index in [0.717, 1.165) is 11.3 Å². The Labute approximate surface area is 160 Å². The fourth-order valence-corrected chi connectivity index (χ4v) is 3.10. The van der Waals surface area contributed by atoms with Crippen LogP contribution in [0.1, 0.15) is 21.6 Å². The molecule has 0 saturated heterocycles. The third-order valence-electron chi connectivity index (χ3n) is 3.62. The largest absolute Gasteiger partial charge is 0.305 e. The molecule has 1 N–H and O–H groups in total. The van der Waals surface area contributed by atoms with E-state index in [1.54, 1.807) is 22.9 Å². The van der Waals surface area contributed by atoms with E-state index in [0.29, 0.717) is 33.0 Å². The van der Waals surface area contributed by atoms with E-state index in [1.165, 1.54) is 6.07 Å². The fourth-order valence-electron chi connectivity index (χ4n) is 2.40. The zero-order valence-corrected chi connectivity index (χ0v) is 15.5. The molecule has 0 radical (unpaired) electrons. The zero-order valence-electron chi connectivity index (χ0n) is 13.3. The van der Waals surface area contributed by atoms with Gasteiger partial charge in [-0.1, -0.05) is 46.9 Å². The summed E-state index contributed by atoms with van der Waals surface area (Å²) >= 11 is 17.9. The summed E-state index contributed by atoms with van der Waals surface area (Å²) < 4.78 is 1.80. The molecule has 25 heavy (non-hydrogen) atoms. The summed E-state index contributed by atoms with van der Waals surface area (Å²) in [6, 6.07) is 14.1. The summed E-state index contributed by atoms with van der Waals surface area (Å²) in [7, 11) is 0. The van der Waals surface area contributed by atoms with Crippen LogP contribution in [0, 0.1) is 6.92 Å². The van der Waals surface area contributed by atoms with Gasteiger partial charge in [-0.15, -0.1) is 0 Å². The van der Waals surface area contributed by atoms with Crippen molar-refractivity contribution in [3.63, 3.8) is 0 Å². The van der Waals surface area contributed by atoms with Crippen LogP contribution >= 0.6 is 34.8 Å². The molecule has 0 aliphatic carbocycles. The second-order valence-electron chi connectivity index (χ2n) is 5.54. The second-order valence-corrected chi connectivity index (χ2v) is 6.82. The highest BCUT2D eigenvalue weighted by Crippen LogP contribution is 2.22. The van der Waals surface area contributed by atoms with Crippen LogP contribution in [0.5, 0.6) is 0 Å². The van der Waals surface area contributed by atoms with Crippen LogP contribution in [0.4, 0.5) is 5.82 Å². The summed E-state index contributed by atoms with van der Waals surface area (Å²) in [5, 5.41) is 8.61. The molecule has 0 spiro atoms. The minimum absolute atomic E-state index is 0.292. The first kappa shape index (κ1) is 17.8. The first-order valence-electron chi connectivity index (χ1n) is 7.47. The smallest absolute Gasteiger partial charge is 0.258 e. The van der Waals surface area contributed by atoms with Gasteiger partial charge in [0.05, 0.1) is 17.1 Å². The topological polar surface area (TPSA) is 46.9 Å². The van der Waals surface area contributed by atoms with E-state index < -0.39 is 0 Å². The number of rotatable bonds is 4. The van der Waals surface area contributed by atoms with Crippen LogP contribution in [-0.4, -0.2) is 15.7 Å². The monoisotopic (exact) mass is 393 g/mol. The summed E-state index contributed by atoms with van der Waals surface area (Å²) in [6.45, 7) is 2.48. The van der Waals surface area contributed by atoms with Crippen LogP contribution in [0.25, 0.3) is 0 Å². The first-order valence-corrected chi connectivity index (χ1v) is 8.61. The van der Waals surface area contributed by atoms with Crippen molar-refractivity contribution in [3.05, 3.63) is 80.4 Å². The predicted octanol–water partition coefficient (Wildman–Crippen LogP) is 5.45. The minimum atomic E-state index is -0.339. The Bertz CT molecular complexity index is 937. The van der Waals surface area contributed by atoms with Crippen molar-refractivity contribution < 1.29 is 4.79 Å². The third-order valence-corrected chi connectivity index (χ3v) is 4.40. The van der Waals surface area contributed by atoms with Crippen LogP contribution in [0.2, 0.25) is 15.1 Å². The molecule has 3 aromatic rings. The lowest BCUT2D eigenvalue weighted by Gasteiger charge is -2.06. The molecule has 7 heteroatoms. The number of carbonyl (C=O) groups is 1. The summed E-state index contributed by atoms with van der Waals surface area (Å²) in [6.07, 6.45) is 0. The number of hydrogen-bond donors (Lipinski definition) is 1. The Kier molecular flexibility index (Phi) is 5.33. The van der Waals surface area contributed by atoms with Gasteiger partial charge in [0.2, 0.25) is 0 Å². The highest BCUT2D eigenvalue weighted by Gasteiger charge is 2.13. The number of benzene rings is 2. The summed E-state index contributed by atoms with van der Waals surface area (Å²) in [4.78, 5) is 12.4. The minimum Gasteiger partial charge on any atom is -0.305 e. The Balaban J connectivity index is 1.77. The van der Waals surface area contributed by atoms with Crippen molar-refractivity contribution in [1.29, 1.82) is 0 Å². The Morgan fingerprint density at radius 3 is 2.56 bits per heavy atom. The molecule has 0 atom stereocenters. The number of nitrogens with zero attached hydrogens (tertiary/aromatic N) is 2. The molecule has 0 unspecified atom stereocenters. The lowest BCUT2D eigenvalue weighted by atomic mass is 10.2. The second kappa shape index (κ2) is 7.48. The van der Waals surface area contributed by atoms with Gasteiger partial charge in [0.15, 0.2) is 5.82 Å². The van der Waals surface area contributed by atoms with Gasteiger partial charge in [-0.3, -0.25) is 9.48 Å². The lowest BCUT2D eigenvalue weighted by Crippen LogP contribution is -2.13. The summed E-state index contributed by atoms with van der Waals surface area (Å²) in [5.74, 6) is 0.115. The van der Waals surface area contributed by atoms with Gasteiger partial charge < -0.3 is 5.32 Å². The number of carbonyl (C=O) groups excluding carboxylic acids is 1. The Morgan fingerprint density at radius 1 is 1.08 bits per heavy atom. The molecule has 3 rings (SSSR count). The molecule has 1 amide bonds. The van der Waals surface area contributed by atoms with Crippen LogP contribution in [-0.2, 0) is 6.54 Å². The molecule has 2 aromatic carbocycles. The number of halogens is 3. The molecule has 0 saturated carbocycles. The van der Waals surface area contributed by atoms with E-state index >= 15 is 0 Å². The molecule has 0 aliphatic heterocycles. The first-order chi connectivity index (χ1) is 11.9. The maximum absolute atomic E-state index is 12.4. The number of hydrogen-bond acceptors (Lipinski definition) is 2.